The molecule has 4 saturated carbocycles. The third-order valence-electron chi connectivity index (χ3n) is 15.9. The van der Waals surface area contributed by atoms with Crippen molar-refractivity contribution >= 4 is 11.0 Å². The predicted octanol–water partition coefficient (Wildman–Crippen LogP) is 16.6. The number of para-hydroxylation sites is 1. The number of hydrogen-bond donors (Lipinski definition) is 1. The predicted molar refractivity (Wildman–Crippen MR) is 282 cm³/mol. The number of aromatic nitrogens is 3. The first-order chi connectivity index (χ1) is 32.4. The third-order valence-corrected chi connectivity index (χ3v) is 15.9. The summed E-state index contributed by atoms with van der Waals surface area (Å²) in [5, 5.41) is 12.7. The van der Waals surface area contributed by atoms with E-state index in [9.17, 15) is 5.11 Å². The summed E-state index contributed by atoms with van der Waals surface area (Å²) in [6, 6.07) is 52.6. The molecule has 0 radical (unpaired) electrons. The fourth-order valence-corrected chi connectivity index (χ4v) is 12.6. The summed E-state index contributed by atoms with van der Waals surface area (Å²) in [6.07, 6.45) is 9.90. The summed E-state index contributed by atoms with van der Waals surface area (Å²) in [5.74, 6) is 3.40. The van der Waals surface area contributed by atoms with Gasteiger partial charge in [0, 0.05) is 44.1 Å². The van der Waals surface area contributed by atoms with Crippen LogP contribution in [0.2, 0.25) is 0 Å². The van der Waals surface area contributed by atoms with Crippen LogP contribution in [0.15, 0.2) is 140 Å². The number of benzene rings is 6. The van der Waals surface area contributed by atoms with E-state index in [1.165, 1.54) is 55.2 Å². The van der Waals surface area contributed by atoms with Gasteiger partial charge >= 0.3 is 0 Å². The Morgan fingerprint density at radius 2 is 1.17 bits per heavy atom. The van der Waals surface area contributed by atoms with Crippen molar-refractivity contribution in [3.8, 4) is 67.5 Å². The Morgan fingerprint density at radius 3 is 1.80 bits per heavy atom. The topological polar surface area (TPSA) is 50.9 Å². The van der Waals surface area contributed by atoms with E-state index in [0.29, 0.717) is 0 Å². The van der Waals surface area contributed by atoms with Crippen LogP contribution in [0, 0.1) is 23.8 Å². The molecule has 4 aliphatic rings. The maximum atomic E-state index is 12.7. The Labute approximate surface area is 425 Å². The maximum Gasteiger partial charge on any atom is 0.148 e. The van der Waals surface area contributed by atoms with Gasteiger partial charge in [0.15, 0.2) is 0 Å². The Hall–Kier alpha value is -5.57. The zero-order valence-corrected chi connectivity index (χ0v) is 44.1. The van der Waals surface area contributed by atoms with E-state index in [-0.39, 0.29) is 48.5 Å². The number of phenols is 1. The SMILES string of the molecule is CC(C)(C)c1ccc(-n2c(-c3cc(C(C)(C)C)cc(C(C)(C)C)c3O)nc3c(-c4[c-]c(-c5cc(-c6ccccc6)ccn5)cc(C56CC7CC(CC(C7)C5)C6)c4)cccc32)c(-c2ccccc2)c1.[Pt]. The van der Waals surface area contributed by atoms with Crippen LogP contribution in [-0.4, -0.2) is 19.6 Å². The number of nitrogens with zero attached hydrogens (tertiary/aromatic N) is 3. The van der Waals surface area contributed by atoms with Crippen molar-refractivity contribution in [1.82, 2.24) is 14.5 Å². The molecular formula is C64H66N3OPt-. The minimum absolute atomic E-state index is 0. The van der Waals surface area contributed by atoms with Crippen LogP contribution in [0.1, 0.15) is 123 Å². The van der Waals surface area contributed by atoms with Crippen LogP contribution in [0.25, 0.3) is 72.7 Å². The first-order valence-corrected chi connectivity index (χ1v) is 25.1. The van der Waals surface area contributed by atoms with Gasteiger partial charge in [-0.05, 0) is 136 Å². The molecule has 0 aliphatic heterocycles. The molecule has 4 nitrogen and oxygen atoms in total. The minimum atomic E-state index is -0.319. The van der Waals surface area contributed by atoms with Crippen molar-refractivity contribution in [3.05, 3.63) is 168 Å². The molecule has 4 aliphatic carbocycles. The molecular weight excluding hydrogens is 1020 g/mol. The molecule has 2 heterocycles. The molecule has 0 unspecified atom stereocenters. The van der Waals surface area contributed by atoms with Gasteiger partial charge in [-0.15, -0.1) is 29.3 Å². The van der Waals surface area contributed by atoms with Crippen molar-refractivity contribution in [3.63, 3.8) is 0 Å². The number of phenolic OH excluding ortho intramolecular Hbond substituents is 1. The van der Waals surface area contributed by atoms with Gasteiger partial charge in [-0.25, -0.2) is 4.98 Å². The molecule has 12 rings (SSSR count). The first kappa shape index (κ1) is 47.1. The summed E-state index contributed by atoms with van der Waals surface area (Å²) in [4.78, 5) is 10.9. The molecule has 0 saturated heterocycles. The molecule has 4 bridgehead atoms. The fraction of sp³-hybridized carbons (Fsp3) is 0.344. The zero-order valence-electron chi connectivity index (χ0n) is 41.9. The molecule has 6 aromatic carbocycles. The van der Waals surface area contributed by atoms with Crippen LogP contribution < -0.4 is 0 Å². The maximum absolute atomic E-state index is 12.7. The van der Waals surface area contributed by atoms with E-state index < -0.39 is 0 Å². The summed E-state index contributed by atoms with van der Waals surface area (Å²) < 4.78 is 2.33. The van der Waals surface area contributed by atoms with Crippen molar-refractivity contribution in [2.75, 3.05) is 0 Å². The molecule has 0 atom stereocenters. The summed E-state index contributed by atoms with van der Waals surface area (Å²) in [6.45, 7) is 20.2. The van der Waals surface area contributed by atoms with Gasteiger partial charge in [-0.2, -0.15) is 0 Å². The number of pyridine rings is 1. The van der Waals surface area contributed by atoms with Crippen molar-refractivity contribution < 1.29 is 26.2 Å². The smallest absolute Gasteiger partial charge is 0.148 e. The van der Waals surface area contributed by atoms with Gasteiger partial charge in [0.05, 0.1) is 22.3 Å². The normalized spacial score (nSPS) is 20.0. The van der Waals surface area contributed by atoms with Gasteiger partial charge < -0.3 is 5.11 Å². The second-order valence-electron chi connectivity index (χ2n) is 23.9. The molecule has 5 heteroatoms. The summed E-state index contributed by atoms with van der Waals surface area (Å²) >= 11 is 0. The van der Waals surface area contributed by atoms with Gasteiger partial charge in [0.25, 0.3) is 0 Å². The number of fused-ring (bicyclic) bond motifs is 1. The molecule has 8 aromatic rings. The largest absolute Gasteiger partial charge is 0.507 e. The van der Waals surface area contributed by atoms with Crippen LogP contribution in [0.4, 0.5) is 0 Å². The molecule has 0 spiro atoms. The van der Waals surface area contributed by atoms with E-state index in [1.54, 1.807) is 0 Å². The fourth-order valence-electron chi connectivity index (χ4n) is 12.6. The molecule has 0 amide bonds. The average molecular weight is 1090 g/mol. The van der Waals surface area contributed by atoms with Crippen molar-refractivity contribution in [1.29, 1.82) is 0 Å². The van der Waals surface area contributed by atoms with Gasteiger partial charge in [0.2, 0.25) is 0 Å². The number of rotatable bonds is 7. The van der Waals surface area contributed by atoms with E-state index in [0.717, 1.165) is 96.1 Å². The Morgan fingerprint density at radius 1 is 0.565 bits per heavy atom. The zero-order chi connectivity index (χ0) is 47.3. The Kier molecular flexibility index (Phi) is 11.9. The Bertz CT molecular complexity index is 3180. The van der Waals surface area contributed by atoms with Gasteiger partial charge in [-0.1, -0.05) is 164 Å². The van der Waals surface area contributed by atoms with E-state index in [1.807, 2.05) is 6.20 Å². The molecule has 4 fully saturated rings. The van der Waals surface area contributed by atoms with E-state index in [4.69, 9.17) is 9.97 Å². The van der Waals surface area contributed by atoms with Crippen molar-refractivity contribution in [2.24, 2.45) is 17.8 Å². The molecule has 2 aromatic heterocycles. The van der Waals surface area contributed by atoms with E-state index >= 15 is 0 Å². The number of aromatic hydroxyl groups is 1. The second-order valence-corrected chi connectivity index (χ2v) is 23.9. The monoisotopic (exact) mass is 1090 g/mol. The van der Waals surface area contributed by atoms with Crippen LogP contribution in [0.5, 0.6) is 5.75 Å². The van der Waals surface area contributed by atoms with Gasteiger partial charge in [-0.3, -0.25) is 9.55 Å². The number of imidazole rings is 1. The van der Waals surface area contributed by atoms with Crippen LogP contribution >= 0.6 is 0 Å². The summed E-state index contributed by atoms with van der Waals surface area (Å²) in [7, 11) is 0. The quantitative estimate of drug-likeness (QED) is 0.162. The molecule has 69 heavy (non-hydrogen) atoms. The van der Waals surface area contributed by atoms with Crippen LogP contribution in [-0.2, 0) is 42.7 Å². The Balaban J connectivity index is 0.00000553. The van der Waals surface area contributed by atoms with Gasteiger partial charge in [0.1, 0.15) is 11.6 Å². The van der Waals surface area contributed by atoms with E-state index in [2.05, 4.69) is 206 Å². The first-order valence-electron chi connectivity index (χ1n) is 25.1. The third kappa shape index (κ3) is 8.64. The molecule has 1 N–H and O–H groups in total. The standard InChI is InChI=1S/C64H66N3O.Pt/c1-61(2,3)48-23-24-56(52(34-48)44-19-14-11-15-20-44)67-57-22-16-21-51(58(57)66-60(67)53-35-49(62(4,5)6)36-54(59(53)68)63(7,8)9)46-30-47(55-33-45(25-26-65-55)43-17-12-10-13-18-43)32-50(31-46)64-37-40-27-41(38-64)29-42(28-40)39-64;/h10-26,31-36,40-42,68H,27-29,37-39H2,1-9H3;/q-1;. The van der Waals surface area contributed by atoms with Crippen LogP contribution in [0.3, 0.4) is 0 Å². The number of hydrogen-bond acceptors (Lipinski definition) is 3. The second kappa shape index (κ2) is 17.4. The molecule has 354 valence electrons. The minimum Gasteiger partial charge on any atom is -0.507 e. The summed E-state index contributed by atoms with van der Waals surface area (Å²) in [5.41, 5.74) is 16.6. The average Bonchev–Trinajstić information content (AvgIpc) is 3.70. The van der Waals surface area contributed by atoms with Crippen molar-refractivity contribution in [2.45, 2.75) is 122 Å².